The Balaban J connectivity index is 0.000000153. The highest BCUT2D eigenvalue weighted by molar-refractivity contribution is 7.99. The first kappa shape index (κ1) is 52.9. The summed E-state index contributed by atoms with van der Waals surface area (Å²) < 4.78 is 0. The molecule has 0 spiro atoms. The minimum Gasteiger partial charge on any atom is -0.228 e. The van der Waals surface area contributed by atoms with Crippen molar-refractivity contribution >= 4 is 138 Å². The number of aromatic nitrogens is 8. The van der Waals surface area contributed by atoms with Crippen LogP contribution in [0.15, 0.2) is 243 Å². The molecule has 0 unspecified atom stereocenters. The van der Waals surface area contributed by atoms with Crippen LogP contribution in [0.4, 0.5) is 0 Å². The fourth-order valence-corrected chi connectivity index (χ4v) is 10.9. The fourth-order valence-electron chi connectivity index (χ4n) is 8.05. The van der Waals surface area contributed by atoms with Crippen LogP contribution in [-0.2, 0) is 0 Å². The molecule has 0 radical (unpaired) electrons. The maximum absolute atomic E-state index is 6.33. The first-order chi connectivity index (χ1) is 38.1. The summed E-state index contributed by atoms with van der Waals surface area (Å²) in [5.41, 5.74) is 6.97. The molecule has 0 N–H and O–H groups in total. The maximum Gasteiger partial charge on any atom is 0.161 e. The average molecular weight is 1170 g/mol. The lowest BCUT2D eigenvalue weighted by atomic mass is 10.1. The van der Waals surface area contributed by atoms with E-state index in [9.17, 15) is 0 Å². The molecule has 13 aromatic rings. The van der Waals surface area contributed by atoms with Crippen molar-refractivity contribution in [3.05, 3.63) is 244 Å². The third-order valence-corrected chi connectivity index (χ3v) is 15.6. The summed E-state index contributed by atoms with van der Waals surface area (Å²) in [5.74, 6) is 2.48. The zero-order valence-corrected chi connectivity index (χ0v) is 46.8. The van der Waals surface area contributed by atoms with Gasteiger partial charge in [-0.3, -0.25) is 0 Å². The minimum absolute atomic E-state index is 0.439. The van der Waals surface area contributed by atoms with Crippen LogP contribution in [-0.4, -0.2) is 39.9 Å². The van der Waals surface area contributed by atoms with Crippen LogP contribution in [0.3, 0.4) is 0 Å². The topological polar surface area (TPSA) is 103 Å². The Morgan fingerprint density at radius 1 is 0.269 bits per heavy atom. The van der Waals surface area contributed by atoms with Crippen LogP contribution in [0.25, 0.3) is 89.2 Å². The van der Waals surface area contributed by atoms with Crippen molar-refractivity contribution in [3.63, 3.8) is 0 Å². The molecule has 0 atom stereocenters. The zero-order chi connectivity index (χ0) is 53.5. The monoisotopic (exact) mass is 1160 g/mol. The van der Waals surface area contributed by atoms with Gasteiger partial charge in [0.05, 0.1) is 22.1 Å². The van der Waals surface area contributed by atoms with Gasteiger partial charge in [0, 0.05) is 73.6 Å². The number of benzene rings is 9. The lowest BCUT2D eigenvalue weighted by Crippen LogP contribution is -1.96. The van der Waals surface area contributed by atoms with Gasteiger partial charge in [0.1, 0.15) is 20.4 Å². The normalized spacial score (nSPS) is 11.1. The molecule has 0 aliphatic rings. The third-order valence-electron chi connectivity index (χ3n) is 11.9. The standard InChI is InChI=1S/C34H20Cl2N4S2.C22H12Cl2N4.C6H5ClS/c35-23-13-17-25(18-14-23)41-33-27-5-1-3-7-29(27)37-31(39-33)21-9-11-22(12-10-21)32-38-30-8-4-2-6-28(30)34(40-32)42-26-19-15-24(36)16-20-26;23-19-15-5-1-3-7-17(15)25-21(27-19)13-9-11-14(12-10-13)22-26-18-8-4-2-6-16(18)20(24)28-22;7-5-1-3-6(8)4-2-5/h1-20H;1-12H;1-4,8H. The first-order valence-electron chi connectivity index (χ1n) is 24.0. The van der Waals surface area contributed by atoms with Crippen LogP contribution < -0.4 is 0 Å². The summed E-state index contributed by atoms with van der Waals surface area (Å²) in [4.78, 5) is 40.9. The summed E-state index contributed by atoms with van der Waals surface area (Å²) in [6.07, 6.45) is 0. The molecule has 0 aliphatic carbocycles. The minimum atomic E-state index is 0.439. The summed E-state index contributed by atoms with van der Waals surface area (Å²) in [6.45, 7) is 0. The predicted molar refractivity (Wildman–Crippen MR) is 327 cm³/mol. The van der Waals surface area contributed by atoms with E-state index < -0.39 is 0 Å². The van der Waals surface area contributed by atoms with E-state index in [0.717, 1.165) is 95.6 Å². The predicted octanol–water partition coefficient (Wildman–Crippen LogP) is 19.4. The molecule has 0 bridgehead atoms. The van der Waals surface area contributed by atoms with Crippen molar-refractivity contribution < 1.29 is 0 Å². The van der Waals surface area contributed by atoms with Crippen molar-refractivity contribution in [1.29, 1.82) is 0 Å². The van der Waals surface area contributed by atoms with Gasteiger partial charge in [-0.25, -0.2) is 39.9 Å². The summed E-state index contributed by atoms with van der Waals surface area (Å²) in [7, 11) is 0. The second-order valence-electron chi connectivity index (χ2n) is 17.2. The number of hydrogen-bond acceptors (Lipinski definition) is 11. The van der Waals surface area contributed by atoms with Crippen molar-refractivity contribution in [1.82, 2.24) is 39.9 Å². The lowest BCUT2D eigenvalue weighted by molar-refractivity contribution is 1.10. The number of rotatable bonds is 8. The molecule has 16 heteroatoms. The molecule has 0 saturated carbocycles. The SMILES string of the molecule is Clc1ccc(Sc2nc(-c3ccc(-c4nc(Sc5ccc(Cl)cc5)c5ccccc5n4)cc3)nc3ccccc23)cc1.Clc1nc(-c2ccc(-c3nc(Cl)c4ccccc4n3)cc2)nc2ccccc12.Sc1ccc(Cl)cc1. The van der Waals surface area contributed by atoms with Crippen molar-refractivity contribution in [2.45, 2.75) is 24.7 Å². The number of hydrogen-bond donors (Lipinski definition) is 1. The summed E-state index contributed by atoms with van der Waals surface area (Å²) in [6, 6.07) is 70.2. The Hall–Kier alpha value is -7.16. The van der Waals surface area contributed by atoms with Gasteiger partial charge in [0.15, 0.2) is 23.3 Å². The Kier molecular flexibility index (Phi) is 16.4. The van der Waals surface area contributed by atoms with Crippen LogP contribution in [0.5, 0.6) is 0 Å². The highest BCUT2D eigenvalue weighted by Gasteiger charge is 2.16. The molecule has 13 rings (SSSR count). The van der Waals surface area contributed by atoms with Gasteiger partial charge < -0.3 is 0 Å². The van der Waals surface area contributed by atoms with E-state index in [1.165, 1.54) is 0 Å². The Morgan fingerprint density at radius 2 is 0.538 bits per heavy atom. The van der Waals surface area contributed by atoms with Gasteiger partial charge in [-0.15, -0.1) is 12.6 Å². The zero-order valence-electron chi connectivity index (χ0n) is 40.5. The summed E-state index contributed by atoms with van der Waals surface area (Å²) >= 11 is 37.7. The fraction of sp³-hybridized carbons (Fsp3) is 0. The van der Waals surface area contributed by atoms with E-state index in [0.29, 0.717) is 43.6 Å². The molecule has 0 amide bonds. The van der Waals surface area contributed by atoms with Crippen molar-refractivity contribution in [2.24, 2.45) is 0 Å². The molecule has 0 saturated heterocycles. The molecule has 0 fully saturated rings. The Morgan fingerprint density at radius 3 is 0.859 bits per heavy atom. The highest BCUT2D eigenvalue weighted by atomic mass is 35.5. The lowest BCUT2D eigenvalue weighted by Gasteiger charge is -2.10. The van der Waals surface area contributed by atoms with E-state index >= 15 is 0 Å². The van der Waals surface area contributed by atoms with Gasteiger partial charge in [-0.2, -0.15) is 0 Å². The van der Waals surface area contributed by atoms with Crippen molar-refractivity contribution in [3.8, 4) is 45.6 Å². The molecule has 4 heterocycles. The summed E-state index contributed by atoms with van der Waals surface area (Å²) in [5, 5.41) is 8.52. The highest BCUT2D eigenvalue weighted by Crippen LogP contribution is 2.37. The second kappa shape index (κ2) is 24.2. The number of halogens is 5. The average Bonchev–Trinajstić information content (AvgIpc) is 3.51. The van der Waals surface area contributed by atoms with Gasteiger partial charge in [0.2, 0.25) is 0 Å². The molecule has 0 aliphatic heterocycles. The smallest absolute Gasteiger partial charge is 0.161 e. The maximum atomic E-state index is 6.33. The van der Waals surface area contributed by atoms with E-state index in [4.69, 9.17) is 77.9 Å². The van der Waals surface area contributed by atoms with E-state index in [1.54, 1.807) is 23.5 Å². The molecular weight excluding hydrogens is 1130 g/mol. The van der Waals surface area contributed by atoms with E-state index in [1.807, 2.05) is 206 Å². The van der Waals surface area contributed by atoms with Crippen molar-refractivity contribution in [2.75, 3.05) is 0 Å². The van der Waals surface area contributed by atoms with E-state index in [2.05, 4.69) is 44.7 Å². The van der Waals surface area contributed by atoms with E-state index in [-0.39, 0.29) is 0 Å². The third kappa shape index (κ3) is 12.6. The Bertz CT molecular complexity index is 4000. The molecule has 78 heavy (non-hydrogen) atoms. The molecule has 8 nitrogen and oxygen atoms in total. The van der Waals surface area contributed by atoms with Crippen LogP contribution in [0.2, 0.25) is 25.4 Å². The molecule has 378 valence electrons. The molecular formula is C62H37Cl5N8S3. The second-order valence-corrected chi connectivity index (χ2v) is 21.9. The Labute approximate surface area is 487 Å². The quantitative estimate of drug-likeness (QED) is 0.117. The van der Waals surface area contributed by atoms with Crippen LogP contribution >= 0.6 is 94.2 Å². The number of thiol groups is 1. The molecule has 9 aromatic carbocycles. The van der Waals surface area contributed by atoms with Crippen LogP contribution in [0.1, 0.15) is 0 Å². The number of para-hydroxylation sites is 4. The largest absolute Gasteiger partial charge is 0.228 e. The number of nitrogens with zero attached hydrogens (tertiary/aromatic N) is 8. The van der Waals surface area contributed by atoms with Gasteiger partial charge in [0.25, 0.3) is 0 Å². The van der Waals surface area contributed by atoms with Gasteiger partial charge >= 0.3 is 0 Å². The number of fused-ring (bicyclic) bond motifs is 4. The van der Waals surface area contributed by atoms with Gasteiger partial charge in [-0.05, 0) is 109 Å². The van der Waals surface area contributed by atoms with Crippen LogP contribution in [0, 0.1) is 0 Å². The molecule has 4 aromatic heterocycles. The first-order valence-corrected chi connectivity index (χ1v) is 27.9. The van der Waals surface area contributed by atoms with Gasteiger partial charge in [-0.1, -0.05) is 191 Å².